The Morgan fingerprint density at radius 3 is 2.85 bits per heavy atom. The Morgan fingerprint density at radius 2 is 2.10 bits per heavy atom. The van der Waals surface area contributed by atoms with Crippen LogP contribution in [0.15, 0.2) is 46.3 Å². The molecule has 0 spiro atoms. The largest absolute Gasteiger partial charge is 0.451 e. The van der Waals surface area contributed by atoms with Crippen LogP contribution >= 0.6 is 11.3 Å². The molecular weight excluding hydrogens is 281 g/mol. The molecule has 100 valence electrons. The Hall–Kier alpha value is -2.54. The molecule has 0 aliphatic rings. The van der Waals surface area contributed by atoms with Crippen molar-refractivity contribution < 1.29 is 13.6 Å². The van der Waals surface area contributed by atoms with Gasteiger partial charge in [-0.05, 0) is 24.3 Å². The van der Waals surface area contributed by atoms with Crippen molar-refractivity contribution in [2.45, 2.75) is 0 Å². The van der Waals surface area contributed by atoms with E-state index in [-0.39, 0.29) is 5.76 Å². The average molecular weight is 289 g/mol. The summed E-state index contributed by atoms with van der Waals surface area (Å²) in [5, 5.41) is 10.2. The molecule has 0 unspecified atom stereocenters. The monoisotopic (exact) mass is 289 g/mol. The first kappa shape index (κ1) is 12.5. The summed E-state index contributed by atoms with van der Waals surface area (Å²) in [4.78, 5) is 11.9. The number of hydrogen-bond acceptors (Lipinski definition) is 5. The highest BCUT2D eigenvalue weighted by molar-refractivity contribution is 7.13. The third-order valence-electron chi connectivity index (χ3n) is 2.55. The van der Waals surface area contributed by atoms with Crippen LogP contribution in [0.1, 0.15) is 10.6 Å². The maximum absolute atomic E-state index is 13.6. The van der Waals surface area contributed by atoms with Crippen LogP contribution < -0.4 is 5.32 Å². The molecule has 0 radical (unpaired) electrons. The number of nitrogens with one attached hydrogen (secondary N) is 1. The van der Waals surface area contributed by atoms with Gasteiger partial charge in [-0.1, -0.05) is 23.5 Å². The van der Waals surface area contributed by atoms with E-state index in [9.17, 15) is 9.18 Å². The minimum absolute atomic E-state index is 0.0819. The van der Waals surface area contributed by atoms with E-state index in [0.717, 1.165) is 0 Å². The molecule has 0 atom stereocenters. The second kappa shape index (κ2) is 5.22. The van der Waals surface area contributed by atoms with Crippen molar-refractivity contribution in [3.05, 3.63) is 53.5 Å². The first-order chi connectivity index (χ1) is 9.74. The predicted molar refractivity (Wildman–Crippen MR) is 72.0 cm³/mol. The number of anilines is 1. The maximum atomic E-state index is 13.6. The van der Waals surface area contributed by atoms with Gasteiger partial charge in [0.25, 0.3) is 5.91 Å². The lowest BCUT2D eigenvalue weighted by molar-refractivity contribution is 0.0997. The van der Waals surface area contributed by atoms with Gasteiger partial charge in [0.1, 0.15) is 17.1 Å². The minimum atomic E-state index is -0.454. The van der Waals surface area contributed by atoms with E-state index in [1.54, 1.807) is 24.3 Å². The van der Waals surface area contributed by atoms with Crippen LogP contribution in [-0.2, 0) is 0 Å². The summed E-state index contributed by atoms with van der Waals surface area (Å²) in [6.07, 6.45) is 0. The van der Waals surface area contributed by atoms with Crippen LogP contribution in [0.4, 0.5) is 9.52 Å². The third-order valence-corrected chi connectivity index (χ3v) is 3.16. The van der Waals surface area contributed by atoms with Gasteiger partial charge in [-0.15, -0.1) is 10.2 Å². The second-order valence-corrected chi connectivity index (χ2v) is 4.67. The molecule has 1 aromatic carbocycles. The van der Waals surface area contributed by atoms with E-state index in [1.807, 2.05) is 0 Å². The van der Waals surface area contributed by atoms with Crippen molar-refractivity contribution >= 4 is 22.4 Å². The predicted octanol–water partition coefficient (Wildman–Crippen LogP) is 3.19. The summed E-state index contributed by atoms with van der Waals surface area (Å²) in [6, 6.07) is 9.23. The molecule has 3 rings (SSSR count). The lowest BCUT2D eigenvalue weighted by atomic mass is 10.1. The molecule has 0 saturated heterocycles. The normalized spacial score (nSPS) is 10.4. The molecule has 1 amide bonds. The molecule has 0 aliphatic carbocycles. The minimum Gasteiger partial charge on any atom is -0.451 e. The number of rotatable bonds is 3. The second-order valence-electron chi connectivity index (χ2n) is 3.84. The van der Waals surface area contributed by atoms with Gasteiger partial charge in [-0.2, -0.15) is 0 Å². The van der Waals surface area contributed by atoms with Gasteiger partial charge in [-0.3, -0.25) is 10.1 Å². The number of amides is 1. The molecule has 0 bridgehead atoms. The van der Waals surface area contributed by atoms with Gasteiger partial charge in [-0.25, -0.2) is 4.39 Å². The summed E-state index contributed by atoms with van der Waals surface area (Å²) in [5.74, 6) is -0.480. The number of aromatic nitrogens is 2. The molecule has 0 saturated carbocycles. The smallest absolute Gasteiger partial charge is 0.293 e. The number of carbonyl (C=O) groups is 1. The number of benzene rings is 1. The fraction of sp³-hybridized carbons (Fsp3) is 0. The molecule has 3 aromatic rings. The van der Waals surface area contributed by atoms with Crippen LogP contribution in [-0.4, -0.2) is 16.1 Å². The summed E-state index contributed by atoms with van der Waals surface area (Å²) in [7, 11) is 0. The molecule has 20 heavy (non-hydrogen) atoms. The molecule has 2 heterocycles. The molecule has 5 nitrogen and oxygen atoms in total. The first-order valence-electron chi connectivity index (χ1n) is 5.66. The van der Waals surface area contributed by atoms with Crippen molar-refractivity contribution in [2.24, 2.45) is 0 Å². The standard InChI is InChI=1S/C13H8FN3O2S/c14-9-4-2-1-3-8(9)10-5-6-11(19-10)12(18)16-13-17-15-7-20-13/h1-7H,(H,16,17,18). The van der Waals surface area contributed by atoms with Gasteiger partial charge in [0, 0.05) is 0 Å². The SMILES string of the molecule is O=C(Nc1nncs1)c1ccc(-c2ccccc2F)o1. The van der Waals surface area contributed by atoms with Crippen LogP contribution in [0.25, 0.3) is 11.3 Å². The number of carbonyl (C=O) groups excluding carboxylic acids is 1. The summed E-state index contributed by atoms with van der Waals surface area (Å²) in [6.45, 7) is 0. The van der Waals surface area contributed by atoms with Gasteiger partial charge in [0.15, 0.2) is 5.76 Å². The quantitative estimate of drug-likeness (QED) is 0.804. The Kier molecular flexibility index (Phi) is 3.26. The Labute approximate surface area is 117 Å². The number of hydrogen-bond donors (Lipinski definition) is 1. The first-order valence-corrected chi connectivity index (χ1v) is 6.54. The van der Waals surface area contributed by atoms with Gasteiger partial charge in [0.2, 0.25) is 5.13 Å². The van der Waals surface area contributed by atoms with Crippen molar-refractivity contribution in [2.75, 3.05) is 5.32 Å². The molecule has 1 N–H and O–H groups in total. The van der Waals surface area contributed by atoms with E-state index < -0.39 is 11.7 Å². The summed E-state index contributed by atoms with van der Waals surface area (Å²) in [5.41, 5.74) is 1.81. The molecule has 7 heteroatoms. The Morgan fingerprint density at radius 1 is 1.25 bits per heavy atom. The number of nitrogens with zero attached hydrogens (tertiary/aromatic N) is 2. The Bertz CT molecular complexity index is 740. The Balaban J connectivity index is 1.83. The highest BCUT2D eigenvalue weighted by Gasteiger charge is 2.15. The summed E-state index contributed by atoms with van der Waals surface area (Å²) >= 11 is 1.20. The summed E-state index contributed by atoms with van der Waals surface area (Å²) < 4.78 is 19.0. The zero-order valence-electron chi connectivity index (χ0n) is 10.0. The average Bonchev–Trinajstić information content (AvgIpc) is 3.10. The molecule has 0 fully saturated rings. The van der Waals surface area contributed by atoms with E-state index >= 15 is 0 Å². The topological polar surface area (TPSA) is 68.0 Å². The fourth-order valence-electron chi connectivity index (χ4n) is 1.65. The molecule has 2 aromatic heterocycles. The van der Waals surface area contributed by atoms with Crippen LogP contribution in [0.3, 0.4) is 0 Å². The lowest BCUT2D eigenvalue weighted by Crippen LogP contribution is -2.10. The van der Waals surface area contributed by atoms with E-state index in [2.05, 4.69) is 15.5 Å². The maximum Gasteiger partial charge on any atom is 0.293 e. The van der Waals surface area contributed by atoms with Crippen LogP contribution in [0.5, 0.6) is 0 Å². The van der Waals surface area contributed by atoms with Crippen molar-refractivity contribution in [3.63, 3.8) is 0 Å². The highest BCUT2D eigenvalue weighted by Crippen LogP contribution is 2.25. The zero-order chi connectivity index (χ0) is 13.9. The van der Waals surface area contributed by atoms with Crippen LogP contribution in [0, 0.1) is 5.82 Å². The lowest BCUT2D eigenvalue weighted by Gasteiger charge is -1.99. The zero-order valence-corrected chi connectivity index (χ0v) is 10.9. The number of halogens is 1. The van der Waals surface area contributed by atoms with E-state index in [1.165, 1.54) is 29.0 Å². The molecule has 0 aliphatic heterocycles. The van der Waals surface area contributed by atoms with Gasteiger partial charge < -0.3 is 4.42 Å². The van der Waals surface area contributed by atoms with Gasteiger partial charge >= 0.3 is 0 Å². The van der Waals surface area contributed by atoms with Crippen LogP contribution in [0.2, 0.25) is 0 Å². The van der Waals surface area contributed by atoms with E-state index in [0.29, 0.717) is 16.5 Å². The van der Waals surface area contributed by atoms with Crippen molar-refractivity contribution in [1.29, 1.82) is 0 Å². The number of furan rings is 1. The van der Waals surface area contributed by atoms with E-state index in [4.69, 9.17) is 4.42 Å². The van der Waals surface area contributed by atoms with Crippen molar-refractivity contribution in [1.82, 2.24) is 10.2 Å². The highest BCUT2D eigenvalue weighted by atomic mass is 32.1. The van der Waals surface area contributed by atoms with Crippen molar-refractivity contribution in [3.8, 4) is 11.3 Å². The third kappa shape index (κ3) is 2.43. The molecular formula is C13H8FN3O2S. The fourth-order valence-corrected chi connectivity index (χ4v) is 2.09. The van der Waals surface area contributed by atoms with Gasteiger partial charge in [0.05, 0.1) is 5.56 Å².